The smallest absolute Gasteiger partial charge is 0.124 e. The van der Waals surface area contributed by atoms with E-state index in [9.17, 15) is 10.2 Å². The van der Waals surface area contributed by atoms with Crippen LogP contribution in [-0.4, -0.2) is 35.1 Å². The van der Waals surface area contributed by atoms with Gasteiger partial charge in [0.05, 0.1) is 25.3 Å². The Morgan fingerprint density at radius 1 is 1.44 bits per heavy atom. The number of aliphatic hydroxyl groups is 3. The molecule has 5 nitrogen and oxygen atoms in total. The lowest BCUT2D eigenvalue weighted by Crippen LogP contribution is -2.22. The van der Waals surface area contributed by atoms with E-state index in [4.69, 9.17) is 15.1 Å². The Morgan fingerprint density at radius 2 is 2.12 bits per heavy atom. The van der Waals surface area contributed by atoms with E-state index < -0.39 is 18.8 Å². The molecule has 3 N–H and O–H groups in total. The number of benzene rings is 1. The van der Waals surface area contributed by atoms with Gasteiger partial charge in [0.15, 0.2) is 0 Å². The number of methoxy groups -OCH3 is 1. The van der Waals surface area contributed by atoms with Crippen molar-refractivity contribution in [2.75, 3.05) is 13.7 Å². The van der Waals surface area contributed by atoms with Crippen molar-refractivity contribution in [2.24, 2.45) is 0 Å². The van der Waals surface area contributed by atoms with Gasteiger partial charge in [0, 0.05) is 5.56 Å². The predicted molar refractivity (Wildman–Crippen MR) is 55.8 cm³/mol. The molecule has 0 spiro atoms. The molecule has 0 fully saturated rings. The van der Waals surface area contributed by atoms with Crippen LogP contribution in [0.3, 0.4) is 0 Å². The van der Waals surface area contributed by atoms with Crippen molar-refractivity contribution in [1.82, 2.24) is 0 Å². The van der Waals surface area contributed by atoms with Gasteiger partial charge in [0.25, 0.3) is 0 Å². The normalized spacial score (nSPS) is 13.9. The zero-order valence-corrected chi connectivity index (χ0v) is 8.79. The van der Waals surface area contributed by atoms with Gasteiger partial charge in [0.2, 0.25) is 0 Å². The second kappa shape index (κ2) is 5.47. The largest absolute Gasteiger partial charge is 0.496 e. The average molecular weight is 223 g/mol. The number of hydrogen-bond donors (Lipinski definition) is 3. The lowest BCUT2D eigenvalue weighted by atomic mass is 10.0. The molecule has 1 aromatic rings. The van der Waals surface area contributed by atoms with Crippen LogP contribution in [0.1, 0.15) is 17.2 Å². The second-order valence-corrected chi connectivity index (χ2v) is 3.26. The molecule has 0 aliphatic heterocycles. The molecular weight excluding hydrogens is 210 g/mol. The molecule has 16 heavy (non-hydrogen) atoms. The summed E-state index contributed by atoms with van der Waals surface area (Å²) in [7, 11) is 1.42. The van der Waals surface area contributed by atoms with Crippen molar-refractivity contribution in [3.05, 3.63) is 29.3 Å². The maximum absolute atomic E-state index is 9.72. The molecule has 86 valence electrons. The van der Waals surface area contributed by atoms with Gasteiger partial charge in [-0.1, -0.05) is 0 Å². The first-order valence-corrected chi connectivity index (χ1v) is 4.69. The van der Waals surface area contributed by atoms with E-state index >= 15 is 0 Å². The molecule has 0 radical (unpaired) electrons. The van der Waals surface area contributed by atoms with Gasteiger partial charge in [-0.25, -0.2) is 0 Å². The summed E-state index contributed by atoms with van der Waals surface area (Å²) in [5.41, 5.74) is 0.628. The zero-order chi connectivity index (χ0) is 12.1. The first-order chi connectivity index (χ1) is 7.63. The monoisotopic (exact) mass is 223 g/mol. The summed E-state index contributed by atoms with van der Waals surface area (Å²) >= 11 is 0. The van der Waals surface area contributed by atoms with Crippen LogP contribution in [0.5, 0.6) is 5.75 Å². The number of nitriles is 1. The molecule has 0 saturated carbocycles. The van der Waals surface area contributed by atoms with Crippen LogP contribution in [0.4, 0.5) is 0 Å². The number of ether oxygens (including phenoxy) is 1. The minimum atomic E-state index is -1.30. The Hall–Kier alpha value is -1.61. The van der Waals surface area contributed by atoms with E-state index in [0.29, 0.717) is 11.3 Å². The Morgan fingerprint density at radius 3 is 2.62 bits per heavy atom. The minimum Gasteiger partial charge on any atom is -0.496 e. The van der Waals surface area contributed by atoms with Crippen LogP contribution < -0.4 is 4.74 Å². The van der Waals surface area contributed by atoms with Crippen LogP contribution >= 0.6 is 0 Å². The van der Waals surface area contributed by atoms with Crippen molar-refractivity contribution in [2.45, 2.75) is 12.2 Å². The van der Waals surface area contributed by atoms with Gasteiger partial charge in [-0.05, 0) is 18.2 Å². The fourth-order valence-corrected chi connectivity index (χ4v) is 1.34. The molecular formula is C11H13NO4. The molecule has 1 aromatic carbocycles. The van der Waals surface area contributed by atoms with Crippen LogP contribution in [0, 0.1) is 11.3 Å². The third-order valence-corrected chi connectivity index (χ3v) is 2.23. The van der Waals surface area contributed by atoms with Crippen molar-refractivity contribution in [3.63, 3.8) is 0 Å². The SMILES string of the molecule is COc1ccc(C#N)cc1C(O)C(O)CO. The van der Waals surface area contributed by atoms with E-state index in [-0.39, 0.29) is 5.56 Å². The fraction of sp³-hybridized carbons (Fsp3) is 0.364. The van der Waals surface area contributed by atoms with Crippen molar-refractivity contribution >= 4 is 0 Å². The van der Waals surface area contributed by atoms with E-state index in [1.807, 2.05) is 6.07 Å². The van der Waals surface area contributed by atoms with Gasteiger partial charge < -0.3 is 20.1 Å². The molecule has 2 unspecified atom stereocenters. The van der Waals surface area contributed by atoms with Gasteiger partial charge >= 0.3 is 0 Å². The number of hydrogen-bond acceptors (Lipinski definition) is 5. The topological polar surface area (TPSA) is 93.7 Å². The molecule has 0 amide bonds. The van der Waals surface area contributed by atoms with Gasteiger partial charge in [0.1, 0.15) is 18.0 Å². The number of aliphatic hydroxyl groups excluding tert-OH is 3. The standard InChI is InChI=1S/C11H13NO4/c1-16-10-3-2-7(5-12)4-8(10)11(15)9(14)6-13/h2-4,9,11,13-15H,6H2,1H3. The minimum absolute atomic E-state index is 0.281. The highest BCUT2D eigenvalue weighted by atomic mass is 16.5. The quantitative estimate of drug-likeness (QED) is 0.665. The number of nitrogens with zero attached hydrogens (tertiary/aromatic N) is 1. The highest BCUT2D eigenvalue weighted by Crippen LogP contribution is 2.28. The average Bonchev–Trinajstić information content (AvgIpc) is 2.35. The summed E-state index contributed by atoms with van der Waals surface area (Å²) in [5.74, 6) is 0.360. The van der Waals surface area contributed by atoms with Crippen molar-refractivity contribution < 1.29 is 20.1 Å². The first kappa shape index (κ1) is 12.5. The summed E-state index contributed by atoms with van der Waals surface area (Å²) in [6.07, 6.45) is -2.59. The Labute approximate surface area is 93.1 Å². The molecule has 2 atom stereocenters. The summed E-state index contributed by atoms with van der Waals surface area (Å²) in [6, 6.07) is 6.41. The van der Waals surface area contributed by atoms with Crippen LogP contribution in [-0.2, 0) is 0 Å². The van der Waals surface area contributed by atoms with Gasteiger partial charge in [-0.15, -0.1) is 0 Å². The Bertz CT molecular complexity index is 399. The van der Waals surface area contributed by atoms with E-state index in [0.717, 1.165) is 0 Å². The molecule has 0 aliphatic rings. The van der Waals surface area contributed by atoms with Crippen molar-refractivity contribution in [1.29, 1.82) is 5.26 Å². The molecule has 0 aliphatic carbocycles. The number of rotatable bonds is 4. The molecule has 0 aromatic heterocycles. The highest BCUT2D eigenvalue weighted by Gasteiger charge is 2.21. The highest BCUT2D eigenvalue weighted by molar-refractivity contribution is 5.43. The summed E-state index contributed by atoms with van der Waals surface area (Å²) in [4.78, 5) is 0. The van der Waals surface area contributed by atoms with Crippen molar-refractivity contribution in [3.8, 4) is 11.8 Å². The molecule has 1 rings (SSSR count). The zero-order valence-electron chi connectivity index (χ0n) is 8.79. The lowest BCUT2D eigenvalue weighted by molar-refractivity contribution is -0.0162. The lowest BCUT2D eigenvalue weighted by Gasteiger charge is -2.18. The van der Waals surface area contributed by atoms with Crippen LogP contribution in [0.2, 0.25) is 0 Å². The fourth-order valence-electron chi connectivity index (χ4n) is 1.34. The van der Waals surface area contributed by atoms with E-state index in [2.05, 4.69) is 0 Å². The Balaban J connectivity index is 3.14. The van der Waals surface area contributed by atoms with E-state index in [1.54, 1.807) is 6.07 Å². The van der Waals surface area contributed by atoms with Gasteiger partial charge in [-0.3, -0.25) is 0 Å². The molecule has 0 bridgehead atoms. The molecule has 0 heterocycles. The van der Waals surface area contributed by atoms with E-state index in [1.165, 1.54) is 19.2 Å². The van der Waals surface area contributed by atoms with Crippen LogP contribution in [0.25, 0.3) is 0 Å². The maximum Gasteiger partial charge on any atom is 0.124 e. The second-order valence-electron chi connectivity index (χ2n) is 3.26. The third-order valence-electron chi connectivity index (χ3n) is 2.23. The summed E-state index contributed by atoms with van der Waals surface area (Å²) in [6.45, 7) is -0.568. The van der Waals surface area contributed by atoms with Crippen LogP contribution in [0.15, 0.2) is 18.2 Å². The first-order valence-electron chi connectivity index (χ1n) is 4.69. The maximum atomic E-state index is 9.72. The third kappa shape index (κ3) is 2.49. The Kier molecular flexibility index (Phi) is 4.26. The predicted octanol–water partition coefficient (Wildman–Crippen LogP) is -0.0465. The summed E-state index contributed by atoms with van der Waals surface area (Å²) in [5, 5.41) is 36.5. The molecule has 5 heteroatoms. The molecule has 0 saturated heterocycles. The van der Waals surface area contributed by atoms with Gasteiger partial charge in [-0.2, -0.15) is 5.26 Å². The summed E-state index contributed by atoms with van der Waals surface area (Å²) < 4.78 is 5.00.